The number of aryl methyl sites for hydroxylation is 1. The van der Waals surface area contributed by atoms with Gasteiger partial charge in [0.25, 0.3) is 0 Å². The smallest absolute Gasteiger partial charge is 0.139 e. The predicted octanol–water partition coefficient (Wildman–Crippen LogP) is 2.01. The summed E-state index contributed by atoms with van der Waals surface area (Å²) in [6.45, 7) is 6.84. The molecule has 1 aromatic rings. The van der Waals surface area contributed by atoms with E-state index in [9.17, 15) is 5.11 Å². The second-order valence-corrected chi connectivity index (χ2v) is 5.02. The molecule has 0 spiro atoms. The highest BCUT2D eigenvalue weighted by Gasteiger charge is 2.20. The molecular formula is C14H23N3OS. The fraction of sp³-hybridized carbons (Fsp3) is 0.571. The summed E-state index contributed by atoms with van der Waals surface area (Å²) in [4.78, 5) is 7.03. The SMILES string of the molecule is CCC(CC)N(CCO)c1nc(C)ccc1C(N)=S. The summed E-state index contributed by atoms with van der Waals surface area (Å²) in [7, 11) is 0. The molecule has 0 atom stereocenters. The minimum absolute atomic E-state index is 0.0862. The molecule has 0 aliphatic rings. The Balaban J connectivity index is 3.27. The molecule has 0 unspecified atom stereocenters. The molecule has 0 saturated carbocycles. The first-order chi connectivity index (χ1) is 9.04. The van der Waals surface area contributed by atoms with Crippen molar-refractivity contribution in [3.63, 3.8) is 0 Å². The number of nitrogens with two attached hydrogens (primary N) is 1. The molecule has 5 heteroatoms. The number of anilines is 1. The summed E-state index contributed by atoms with van der Waals surface area (Å²) < 4.78 is 0. The monoisotopic (exact) mass is 281 g/mol. The van der Waals surface area contributed by atoms with Gasteiger partial charge in [0.05, 0.1) is 12.2 Å². The van der Waals surface area contributed by atoms with Crippen molar-refractivity contribution in [3.05, 3.63) is 23.4 Å². The van der Waals surface area contributed by atoms with Gasteiger partial charge in [-0.2, -0.15) is 0 Å². The van der Waals surface area contributed by atoms with Crippen molar-refractivity contribution >= 4 is 23.0 Å². The van der Waals surface area contributed by atoms with E-state index in [-0.39, 0.29) is 6.61 Å². The number of aromatic nitrogens is 1. The van der Waals surface area contributed by atoms with Crippen LogP contribution in [0.1, 0.15) is 37.9 Å². The van der Waals surface area contributed by atoms with Crippen molar-refractivity contribution in [2.75, 3.05) is 18.1 Å². The molecule has 0 amide bonds. The first-order valence-electron chi connectivity index (χ1n) is 6.70. The van der Waals surface area contributed by atoms with Crippen molar-refractivity contribution < 1.29 is 5.11 Å². The van der Waals surface area contributed by atoms with Crippen LogP contribution in [0.2, 0.25) is 0 Å². The van der Waals surface area contributed by atoms with E-state index in [1.807, 2.05) is 19.1 Å². The zero-order valence-electron chi connectivity index (χ0n) is 11.9. The summed E-state index contributed by atoms with van der Waals surface area (Å²) in [5.41, 5.74) is 7.48. The number of hydrogen-bond acceptors (Lipinski definition) is 4. The summed E-state index contributed by atoms with van der Waals surface area (Å²) in [6.07, 6.45) is 1.98. The lowest BCUT2D eigenvalue weighted by atomic mass is 10.1. The van der Waals surface area contributed by atoms with Gasteiger partial charge in [-0.3, -0.25) is 0 Å². The maximum atomic E-state index is 9.30. The molecule has 0 aromatic carbocycles. The fourth-order valence-electron chi connectivity index (χ4n) is 2.25. The number of hydrogen-bond donors (Lipinski definition) is 2. The number of pyridine rings is 1. The Hall–Kier alpha value is -1.20. The standard InChI is InChI=1S/C14H23N3OS/c1-4-11(5-2)17(8-9-18)14-12(13(15)19)7-6-10(3)16-14/h6-7,11,18H,4-5,8-9H2,1-3H3,(H2,15,19). The van der Waals surface area contributed by atoms with Gasteiger partial charge in [0.2, 0.25) is 0 Å². The Morgan fingerprint density at radius 3 is 2.53 bits per heavy atom. The zero-order chi connectivity index (χ0) is 14.4. The lowest BCUT2D eigenvalue weighted by Gasteiger charge is -2.32. The van der Waals surface area contributed by atoms with E-state index in [1.165, 1.54) is 0 Å². The quantitative estimate of drug-likeness (QED) is 0.749. The third-order valence-electron chi connectivity index (χ3n) is 3.28. The highest BCUT2D eigenvalue weighted by molar-refractivity contribution is 7.80. The Bertz CT molecular complexity index is 433. The van der Waals surface area contributed by atoms with Gasteiger partial charge in [-0.05, 0) is 31.9 Å². The van der Waals surface area contributed by atoms with Crippen LogP contribution >= 0.6 is 12.2 Å². The van der Waals surface area contributed by atoms with Crippen LogP contribution in [0, 0.1) is 6.92 Å². The van der Waals surface area contributed by atoms with Gasteiger partial charge in [-0.1, -0.05) is 26.1 Å². The van der Waals surface area contributed by atoms with E-state index in [0.717, 1.165) is 29.9 Å². The van der Waals surface area contributed by atoms with Gasteiger partial charge in [0, 0.05) is 18.3 Å². The van der Waals surface area contributed by atoms with Crippen LogP contribution in [0.25, 0.3) is 0 Å². The second kappa shape index (κ2) is 7.40. The van der Waals surface area contributed by atoms with Gasteiger partial charge in [0.1, 0.15) is 10.8 Å². The van der Waals surface area contributed by atoms with Crippen LogP contribution in [0.5, 0.6) is 0 Å². The summed E-state index contributed by atoms with van der Waals surface area (Å²) >= 11 is 5.10. The van der Waals surface area contributed by atoms with E-state index >= 15 is 0 Å². The Labute approximate surface area is 120 Å². The van der Waals surface area contributed by atoms with Gasteiger partial charge in [-0.25, -0.2) is 4.98 Å². The van der Waals surface area contributed by atoms with Gasteiger partial charge >= 0.3 is 0 Å². The minimum Gasteiger partial charge on any atom is -0.395 e. The van der Waals surface area contributed by atoms with Gasteiger partial charge < -0.3 is 15.7 Å². The van der Waals surface area contributed by atoms with E-state index < -0.39 is 0 Å². The van der Waals surface area contributed by atoms with Gasteiger partial charge in [-0.15, -0.1) is 0 Å². The lowest BCUT2D eigenvalue weighted by molar-refractivity contribution is 0.295. The summed E-state index contributed by atoms with van der Waals surface area (Å²) in [5, 5.41) is 9.30. The Morgan fingerprint density at radius 2 is 2.05 bits per heavy atom. The van der Waals surface area contributed by atoms with Crippen molar-refractivity contribution in [2.45, 2.75) is 39.7 Å². The van der Waals surface area contributed by atoms with E-state index in [0.29, 0.717) is 17.6 Å². The van der Waals surface area contributed by atoms with Crippen LogP contribution in [-0.2, 0) is 0 Å². The molecular weight excluding hydrogens is 258 g/mol. The first-order valence-corrected chi connectivity index (χ1v) is 7.10. The van der Waals surface area contributed by atoms with E-state index in [1.54, 1.807) is 0 Å². The molecule has 4 nitrogen and oxygen atoms in total. The summed E-state index contributed by atoms with van der Waals surface area (Å²) in [6, 6.07) is 4.14. The number of thiocarbonyl (C=S) groups is 1. The number of nitrogens with zero attached hydrogens (tertiary/aromatic N) is 2. The Morgan fingerprint density at radius 1 is 1.42 bits per heavy atom. The second-order valence-electron chi connectivity index (χ2n) is 4.58. The largest absolute Gasteiger partial charge is 0.395 e. The number of rotatable bonds is 7. The van der Waals surface area contributed by atoms with Crippen molar-refractivity contribution in [3.8, 4) is 0 Å². The predicted molar refractivity (Wildman–Crippen MR) is 83.7 cm³/mol. The molecule has 19 heavy (non-hydrogen) atoms. The van der Waals surface area contributed by atoms with Crippen molar-refractivity contribution in [2.24, 2.45) is 5.73 Å². The fourth-order valence-corrected chi connectivity index (χ4v) is 2.41. The van der Waals surface area contributed by atoms with Crippen LogP contribution < -0.4 is 10.6 Å². The lowest BCUT2D eigenvalue weighted by Crippen LogP contribution is -2.39. The molecule has 1 rings (SSSR count). The average molecular weight is 281 g/mol. The van der Waals surface area contributed by atoms with Crippen molar-refractivity contribution in [1.29, 1.82) is 0 Å². The van der Waals surface area contributed by atoms with Crippen LogP contribution in [0.4, 0.5) is 5.82 Å². The van der Waals surface area contributed by atoms with Crippen LogP contribution in [0.3, 0.4) is 0 Å². The van der Waals surface area contributed by atoms with Crippen LogP contribution in [0.15, 0.2) is 12.1 Å². The normalized spacial score (nSPS) is 10.8. The maximum absolute atomic E-state index is 9.30. The summed E-state index contributed by atoms with van der Waals surface area (Å²) in [5.74, 6) is 0.787. The highest BCUT2D eigenvalue weighted by atomic mass is 32.1. The van der Waals surface area contributed by atoms with E-state index in [2.05, 4.69) is 23.7 Å². The van der Waals surface area contributed by atoms with Crippen molar-refractivity contribution in [1.82, 2.24) is 4.98 Å². The number of aliphatic hydroxyl groups excluding tert-OH is 1. The first kappa shape index (κ1) is 15.9. The highest BCUT2D eigenvalue weighted by Crippen LogP contribution is 2.23. The molecule has 0 saturated heterocycles. The molecule has 0 radical (unpaired) electrons. The molecule has 1 heterocycles. The minimum atomic E-state index is 0.0862. The molecule has 0 aliphatic carbocycles. The van der Waals surface area contributed by atoms with E-state index in [4.69, 9.17) is 18.0 Å². The molecule has 1 aromatic heterocycles. The Kier molecular flexibility index (Phi) is 6.18. The third kappa shape index (κ3) is 3.88. The maximum Gasteiger partial charge on any atom is 0.139 e. The molecule has 0 fully saturated rings. The molecule has 3 N–H and O–H groups in total. The average Bonchev–Trinajstić information content (AvgIpc) is 2.38. The molecule has 106 valence electrons. The van der Waals surface area contributed by atoms with Crippen LogP contribution in [-0.4, -0.2) is 34.3 Å². The zero-order valence-corrected chi connectivity index (χ0v) is 12.7. The van der Waals surface area contributed by atoms with Gasteiger partial charge in [0.15, 0.2) is 0 Å². The number of aliphatic hydroxyl groups is 1. The molecule has 0 bridgehead atoms. The molecule has 0 aliphatic heterocycles. The third-order valence-corrected chi connectivity index (χ3v) is 3.50. The topological polar surface area (TPSA) is 62.4 Å².